The number of Topliss-reactive ketones (excluding diaryl/α,β-unsaturated/α-hetero) is 1. The highest BCUT2D eigenvalue weighted by molar-refractivity contribution is 6.11. The van der Waals surface area contributed by atoms with Crippen LogP contribution in [0.15, 0.2) is 35.9 Å². The van der Waals surface area contributed by atoms with E-state index in [2.05, 4.69) is 0 Å². The minimum Gasteiger partial charge on any atom is -0.493 e. The second kappa shape index (κ2) is 7.39. The van der Waals surface area contributed by atoms with Gasteiger partial charge in [0.05, 0.1) is 21.3 Å². The fourth-order valence-corrected chi connectivity index (χ4v) is 2.76. The summed E-state index contributed by atoms with van der Waals surface area (Å²) < 4.78 is 26.6. The lowest BCUT2D eigenvalue weighted by Gasteiger charge is -2.13. The topological polar surface area (TPSA) is 63.2 Å². The maximum atomic E-state index is 12.8. The fraction of sp³-hybridized carbons (Fsp3) is 0.250. The number of allylic oxidation sites excluding steroid dienone is 1. The van der Waals surface area contributed by atoms with E-state index >= 15 is 0 Å². The number of carbonyl (C=O) groups is 1. The number of ketones is 1. The fourth-order valence-electron chi connectivity index (χ4n) is 2.76. The maximum absolute atomic E-state index is 12.8. The minimum absolute atomic E-state index is 0.137. The molecule has 0 amide bonds. The Labute approximate surface area is 151 Å². The molecule has 0 N–H and O–H groups in total. The second-order valence-corrected chi connectivity index (χ2v) is 5.68. The number of hydrogen-bond acceptors (Lipinski definition) is 6. The summed E-state index contributed by atoms with van der Waals surface area (Å²) in [5.41, 5.74) is 1.87. The molecule has 1 heterocycles. The average Bonchev–Trinajstić information content (AvgIpc) is 3.13. The summed E-state index contributed by atoms with van der Waals surface area (Å²) >= 11 is 0. The zero-order valence-electron chi connectivity index (χ0n) is 15.1. The number of hydrogen-bond donors (Lipinski definition) is 0. The van der Waals surface area contributed by atoms with Crippen LogP contribution in [0.3, 0.4) is 0 Å². The second-order valence-electron chi connectivity index (χ2n) is 5.68. The highest BCUT2D eigenvalue weighted by Crippen LogP contribution is 2.39. The van der Waals surface area contributed by atoms with Gasteiger partial charge in [-0.1, -0.05) is 6.07 Å². The lowest BCUT2D eigenvalue weighted by atomic mass is 10.0. The molecule has 2 aromatic rings. The van der Waals surface area contributed by atoms with Crippen LogP contribution in [0.2, 0.25) is 0 Å². The molecule has 26 heavy (non-hydrogen) atoms. The summed E-state index contributed by atoms with van der Waals surface area (Å²) in [6, 6.07) is 8.82. The summed E-state index contributed by atoms with van der Waals surface area (Å²) in [6.07, 6.45) is 1.80. The van der Waals surface area contributed by atoms with E-state index in [0.717, 1.165) is 5.56 Å². The molecule has 0 aliphatic carbocycles. The van der Waals surface area contributed by atoms with Crippen LogP contribution in [-0.4, -0.2) is 33.9 Å². The van der Waals surface area contributed by atoms with E-state index < -0.39 is 0 Å². The molecule has 0 radical (unpaired) electrons. The van der Waals surface area contributed by atoms with Gasteiger partial charge < -0.3 is 23.7 Å². The van der Waals surface area contributed by atoms with E-state index in [1.54, 1.807) is 25.1 Å². The van der Waals surface area contributed by atoms with Gasteiger partial charge in [-0.25, -0.2) is 0 Å². The van der Waals surface area contributed by atoms with Gasteiger partial charge in [-0.15, -0.1) is 0 Å². The van der Waals surface area contributed by atoms with Crippen molar-refractivity contribution >= 4 is 11.9 Å². The highest BCUT2D eigenvalue weighted by atomic mass is 16.7. The molecule has 0 aromatic heterocycles. The molecule has 1 aliphatic heterocycles. The molecule has 0 bridgehead atoms. The molecular weight excluding hydrogens is 336 g/mol. The van der Waals surface area contributed by atoms with E-state index in [4.69, 9.17) is 23.7 Å². The normalized spacial score (nSPS) is 12.7. The van der Waals surface area contributed by atoms with Crippen LogP contribution in [0.1, 0.15) is 22.8 Å². The van der Waals surface area contributed by atoms with Gasteiger partial charge in [0.1, 0.15) is 0 Å². The zero-order valence-corrected chi connectivity index (χ0v) is 15.1. The Bertz CT molecular complexity index is 844. The minimum atomic E-state index is -0.137. The van der Waals surface area contributed by atoms with Crippen molar-refractivity contribution < 1.29 is 28.5 Å². The average molecular weight is 356 g/mol. The summed E-state index contributed by atoms with van der Waals surface area (Å²) in [5.74, 6) is 2.56. The van der Waals surface area contributed by atoms with Crippen LogP contribution in [0.4, 0.5) is 0 Å². The first-order valence-corrected chi connectivity index (χ1v) is 8.00. The van der Waals surface area contributed by atoms with E-state index in [1.807, 2.05) is 18.2 Å². The first kappa shape index (κ1) is 17.7. The predicted octanol–water partition coefficient (Wildman–Crippen LogP) is 3.73. The van der Waals surface area contributed by atoms with E-state index in [1.165, 1.54) is 21.3 Å². The van der Waals surface area contributed by atoms with Gasteiger partial charge in [-0.05, 0) is 48.4 Å². The SMILES string of the molecule is COc1cc(C(=O)/C(C)=C/c2ccc3c(c2)OCO3)cc(OC)c1OC. The number of benzene rings is 2. The predicted molar refractivity (Wildman–Crippen MR) is 96.6 cm³/mol. The monoisotopic (exact) mass is 356 g/mol. The van der Waals surface area contributed by atoms with Crippen molar-refractivity contribution in [3.63, 3.8) is 0 Å². The van der Waals surface area contributed by atoms with Crippen molar-refractivity contribution in [3.05, 3.63) is 47.0 Å². The van der Waals surface area contributed by atoms with Crippen LogP contribution in [0, 0.1) is 0 Å². The molecule has 0 atom stereocenters. The van der Waals surface area contributed by atoms with Gasteiger partial charge in [0.15, 0.2) is 28.8 Å². The molecule has 0 saturated carbocycles. The lowest BCUT2D eigenvalue weighted by Crippen LogP contribution is -2.04. The molecule has 0 fully saturated rings. The summed E-state index contributed by atoms with van der Waals surface area (Å²) in [7, 11) is 4.55. The van der Waals surface area contributed by atoms with E-state index in [-0.39, 0.29) is 12.6 Å². The first-order valence-electron chi connectivity index (χ1n) is 8.00. The van der Waals surface area contributed by atoms with Gasteiger partial charge in [-0.2, -0.15) is 0 Å². The number of fused-ring (bicyclic) bond motifs is 1. The third kappa shape index (κ3) is 3.31. The number of rotatable bonds is 6. The summed E-state index contributed by atoms with van der Waals surface area (Å²) in [5, 5.41) is 0. The molecule has 0 unspecified atom stereocenters. The molecule has 6 nitrogen and oxygen atoms in total. The van der Waals surface area contributed by atoms with Gasteiger partial charge in [-0.3, -0.25) is 4.79 Å². The Balaban J connectivity index is 1.93. The van der Waals surface area contributed by atoms with Crippen molar-refractivity contribution in [1.82, 2.24) is 0 Å². The zero-order chi connectivity index (χ0) is 18.7. The van der Waals surface area contributed by atoms with Crippen molar-refractivity contribution in [2.24, 2.45) is 0 Å². The highest BCUT2D eigenvalue weighted by Gasteiger charge is 2.18. The number of carbonyl (C=O) groups excluding carboxylic acids is 1. The largest absolute Gasteiger partial charge is 0.493 e. The van der Waals surface area contributed by atoms with Gasteiger partial charge in [0, 0.05) is 5.56 Å². The van der Waals surface area contributed by atoms with Crippen LogP contribution < -0.4 is 23.7 Å². The van der Waals surface area contributed by atoms with Crippen LogP contribution in [0.5, 0.6) is 28.7 Å². The Morgan fingerprint density at radius 3 is 2.23 bits per heavy atom. The van der Waals surface area contributed by atoms with Gasteiger partial charge in [0.2, 0.25) is 12.5 Å². The van der Waals surface area contributed by atoms with Crippen molar-refractivity contribution in [2.45, 2.75) is 6.92 Å². The van der Waals surface area contributed by atoms with Crippen molar-refractivity contribution in [1.29, 1.82) is 0 Å². The first-order chi connectivity index (χ1) is 12.6. The molecule has 0 saturated heterocycles. The third-order valence-corrected chi connectivity index (χ3v) is 4.06. The van der Waals surface area contributed by atoms with E-state index in [0.29, 0.717) is 39.9 Å². The third-order valence-electron chi connectivity index (χ3n) is 4.06. The summed E-state index contributed by atoms with van der Waals surface area (Å²) in [4.78, 5) is 12.8. The Hall–Kier alpha value is -3.15. The van der Waals surface area contributed by atoms with Crippen LogP contribution in [0.25, 0.3) is 6.08 Å². The van der Waals surface area contributed by atoms with Gasteiger partial charge >= 0.3 is 0 Å². The molecule has 1 aliphatic rings. The van der Waals surface area contributed by atoms with Crippen molar-refractivity contribution in [2.75, 3.05) is 28.1 Å². The van der Waals surface area contributed by atoms with Crippen molar-refractivity contribution in [3.8, 4) is 28.7 Å². The molecule has 3 rings (SSSR count). The number of methoxy groups -OCH3 is 3. The molecular formula is C20H20O6. The molecule has 136 valence electrons. The molecule has 2 aromatic carbocycles. The summed E-state index contributed by atoms with van der Waals surface area (Å²) in [6.45, 7) is 1.97. The van der Waals surface area contributed by atoms with Gasteiger partial charge in [0.25, 0.3) is 0 Å². The number of ether oxygens (including phenoxy) is 5. The molecule has 6 heteroatoms. The molecule has 0 spiro atoms. The maximum Gasteiger partial charge on any atom is 0.231 e. The van der Waals surface area contributed by atoms with Crippen LogP contribution in [-0.2, 0) is 0 Å². The van der Waals surface area contributed by atoms with Crippen LogP contribution >= 0.6 is 0 Å². The Morgan fingerprint density at radius 2 is 1.62 bits per heavy atom. The lowest BCUT2D eigenvalue weighted by molar-refractivity contribution is 0.103. The smallest absolute Gasteiger partial charge is 0.231 e. The van der Waals surface area contributed by atoms with E-state index in [9.17, 15) is 4.79 Å². The quantitative estimate of drug-likeness (QED) is 0.581. The Morgan fingerprint density at radius 1 is 0.962 bits per heavy atom. The Kier molecular flexibility index (Phi) is 5.02. The standard InChI is InChI=1S/C20H20O6/c1-12(7-13-5-6-15-16(8-13)26-11-25-15)19(21)14-9-17(22-2)20(24-4)18(10-14)23-3/h5-10H,11H2,1-4H3/b12-7+.